The summed E-state index contributed by atoms with van der Waals surface area (Å²) in [4.78, 5) is 38.0. The van der Waals surface area contributed by atoms with E-state index >= 15 is 0 Å². The Morgan fingerprint density at radius 3 is 1.02 bits per heavy atom. The Bertz CT molecular complexity index is 1090. The second-order valence-electron chi connectivity index (χ2n) is 17.8. The molecular formula is C56H100O6. The lowest BCUT2D eigenvalue weighted by atomic mass is 10.1. The topological polar surface area (TPSA) is 78.9 Å². The van der Waals surface area contributed by atoms with Gasteiger partial charge < -0.3 is 14.2 Å². The van der Waals surface area contributed by atoms with Crippen molar-refractivity contribution < 1.29 is 28.6 Å². The van der Waals surface area contributed by atoms with Gasteiger partial charge >= 0.3 is 17.9 Å². The van der Waals surface area contributed by atoms with Crippen molar-refractivity contribution in [3.63, 3.8) is 0 Å². The average Bonchev–Trinajstić information content (AvgIpc) is 3.27. The Balaban J connectivity index is 4.31. The standard InChI is InChI=1S/C56H100O6/c1-4-7-10-13-16-19-22-24-26-27-28-29-31-32-34-37-40-43-46-49-55(58)61-52-53(51-60-54(57)48-45-42-39-36-21-18-15-12-9-6-3)62-56(59)50-47-44-41-38-35-33-30-25-23-20-17-14-11-8-5-2/h7,10,16,19-20,23-24,26,53H,4-6,8-9,11-15,17-18,21-22,25,27-52H2,1-3H3/b10-7-,19-16-,23-20-,26-24-. The molecule has 0 saturated heterocycles. The Labute approximate surface area is 384 Å². The molecule has 0 aliphatic heterocycles. The molecule has 0 heterocycles. The van der Waals surface area contributed by atoms with E-state index in [4.69, 9.17) is 14.2 Å². The first-order valence-corrected chi connectivity index (χ1v) is 26.6. The zero-order chi connectivity index (χ0) is 45.1. The second kappa shape index (κ2) is 51.0. The summed E-state index contributed by atoms with van der Waals surface area (Å²) in [7, 11) is 0. The smallest absolute Gasteiger partial charge is 0.306 e. The number of allylic oxidation sites excluding steroid dienone is 8. The lowest BCUT2D eigenvalue weighted by molar-refractivity contribution is -0.167. The van der Waals surface area contributed by atoms with E-state index in [1.54, 1.807) is 0 Å². The van der Waals surface area contributed by atoms with Crippen LogP contribution >= 0.6 is 0 Å². The summed E-state index contributed by atoms with van der Waals surface area (Å²) in [6.07, 6.45) is 60.9. The number of esters is 3. The normalized spacial score (nSPS) is 12.4. The molecule has 1 atom stereocenters. The van der Waals surface area contributed by atoms with Crippen molar-refractivity contribution >= 4 is 17.9 Å². The molecule has 0 N–H and O–H groups in total. The highest BCUT2D eigenvalue weighted by molar-refractivity contribution is 5.71. The number of hydrogen-bond acceptors (Lipinski definition) is 6. The molecule has 0 aliphatic carbocycles. The zero-order valence-corrected chi connectivity index (χ0v) is 41.1. The molecule has 0 amide bonds. The predicted octanol–water partition coefficient (Wildman–Crippen LogP) is 17.5. The fourth-order valence-corrected chi connectivity index (χ4v) is 7.57. The Kier molecular flexibility index (Phi) is 48.8. The second-order valence-corrected chi connectivity index (χ2v) is 17.8. The van der Waals surface area contributed by atoms with E-state index in [0.717, 1.165) is 77.0 Å². The first-order valence-electron chi connectivity index (χ1n) is 26.6. The third-order valence-corrected chi connectivity index (χ3v) is 11.6. The Morgan fingerprint density at radius 2 is 0.629 bits per heavy atom. The van der Waals surface area contributed by atoms with E-state index in [9.17, 15) is 14.4 Å². The number of ether oxygens (including phenoxy) is 3. The number of hydrogen-bond donors (Lipinski definition) is 0. The predicted molar refractivity (Wildman–Crippen MR) is 265 cm³/mol. The summed E-state index contributed by atoms with van der Waals surface area (Å²) in [6, 6.07) is 0. The van der Waals surface area contributed by atoms with Crippen LogP contribution in [0, 0.1) is 0 Å². The lowest BCUT2D eigenvalue weighted by Gasteiger charge is -2.18. The SMILES string of the molecule is CC/C=C\C/C=C\C/C=C\CCCCCCCCCCCC(=O)OCC(COC(=O)CCCCCCCCCCCC)OC(=O)CCCCCCCCC/C=C\CCCCCC. The third-order valence-electron chi connectivity index (χ3n) is 11.6. The van der Waals surface area contributed by atoms with E-state index in [2.05, 4.69) is 69.4 Å². The summed E-state index contributed by atoms with van der Waals surface area (Å²) < 4.78 is 16.8. The minimum atomic E-state index is -0.773. The molecule has 0 radical (unpaired) electrons. The summed E-state index contributed by atoms with van der Waals surface area (Å²) in [5.41, 5.74) is 0. The molecule has 0 aromatic carbocycles. The Morgan fingerprint density at radius 1 is 0.339 bits per heavy atom. The Hall–Kier alpha value is -2.63. The van der Waals surface area contributed by atoms with Gasteiger partial charge in [-0.1, -0.05) is 223 Å². The van der Waals surface area contributed by atoms with E-state index in [0.29, 0.717) is 19.3 Å². The van der Waals surface area contributed by atoms with Crippen molar-refractivity contribution in [3.8, 4) is 0 Å². The van der Waals surface area contributed by atoms with Crippen LogP contribution < -0.4 is 0 Å². The molecule has 6 nitrogen and oxygen atoms in total. The summed E-state index contributed by atoms with van der Waals surface area (Å²) in [5, 5.41) is 0. The van der Waals surface area contributed by atoms with Crippen LogP contribution in [0.1, 0.15) is 271 Å². The van der Waals surface area contributed by atoms with Crippen LogP contribution in [-0.2, 0) is 28.6 Å². The van der Waals surface area contributed by atoms with Crippen LogP contribution in [0.25, 0.3) is 0 Å². The van der Waals surface area contributed by atoms with Gasteiger partial charge in [0.25, 0.3) is 0 Å². The van der Waals surface area contributed by atoms with Crippen molar-refractivity contribution in [2.45, 2.75) is 277 Å². The minimum Gasteiger partial charge on any atom is -0.462 e. The highest BCUT2D eigenvalue weighted by Crippen LogP contribution is 2.15. The lowest BCUT2D eigenvalue weighted by Crippen LogP contribution is -2.30. The van der Waals surface area contributed by atoms with Gasteiger partial charge in [0.1, 0.15) is 13.2 Å². The first-order chi connectivity index (χ1) is 30.5. The van der Waals surface area contributed by atoms with Gasteiger partial charge in [-0.05, 0) is 77.0 Å². The maximum atomic E-state index is 12.8. The maximum absolute atomic E-state index is 12.8. The van der Waals surface area contributed by atoms with Crippen molar-refractivity contribution in [1.29, 1.82) is 0 Å². The van der Waals surface area contributed by atoms with Crippen LogP contribution in [0.3, 0.4) is 0 Å². The molecule has 6 heteroatoms. The fourth-order valence-electron chi connectivity index (χ4n) is 7.57. The van der Waals surface area contributed by atoms with Gasteiger partial charge in [0.05, 0.1) is 0 Å². The molecule has 0 aromatic rings. The summed E-state index contributed by atoms with van der Waals surface area (Å²) in [6.45, 7) is 6.51. The summed E-state index contributed by atoms with van der Waals surface area (Å²) in [5.74, 6) is -0.877. The van der Waals surface area contributed by atoms with E-state index < -0.39 is 6.10 Å². The van der Waals surface area contributed by atoms with Crippen molar-refractivity contribution in [3.05, 3.63) is 48.6 Å². The highest BCUT2D eigenvalue weighted by atomic mass is 16.6. The van der Waals surface area contributed by atoms with Gasteiger partial charge in [-0.2, -0.15) is 0 Å². The first kappa shape index (κ1) is 59.4. The molecule has 0 spiro atoms. The number of rotatable bonds is 48. The van der Waals surface area contributed by atoms with Crippen LogP contribution in [0.4, 0.5) is 0 Å². The molecule has 0 rings (SSSR count). The number of unbranched alkanes of at least 4 members (excludes halogenated alkanes) is 29. The van der Waals surface area contributed by atoms with Gasteiger partial charge in [0.2, 0.25) is 0 Å². The molecule has 360 valence electrons. The molecule has 0 aliphatic rings. The van der Waals surface area contributed by atoms with Crippen LogP contribution in [0.2, 0.25) is 0 Å². The van der Waals surface area contributed by atoms with Crippen molar-refractivity contribution in [1.82, 2.24) is 0 Å². The van der Waals surface area contributed by atoms with Gasteiger partial charge in [0, 0.05) is 19.3 Å². The van der Waals surface area contributed by atoms with E-state index in [1.807, 2.05) is 0 Å². The highest BCUT2D eigenvalue weighted by Gasteiger charge is 2.19. The molecule has 1 unspecified atom stereocenters. The molecule has 0 saturated carbocycles. The fraction of sp³-hybridized carbons (Fsp3) is 0.804. The largest absolute Gasteiger partial charge is 0.462 e. The van der Waals surface area contributed by atoms with Crippen LogP contribution in [0.5, 0.6) is 0 Å². The average molecular weight is 869 g/mol. The van der Waals surface area contributed by atoms with Gasteiger partial charge in [-0.25, -0.2) is 0 Å². The molecule has 0 fully saturated rings. The van der Waals surface area contributed by atoms with Gasteiger partial charge in [-0.3, -0.25) is 14.4 Å². The van der Waals surface area contributed by atoms with Crippen LogP contribution in [-0.4, -0.2) is 37.2 Å². The molecular weight excluding hydrogens is 769 g/mol. The van der Waals surface area contributed by atoms with Gasteiger partial charge in [0.15, 0.2) is 6.10 Å². The molecule has 62 heavy (non-hydrogen) atoms. The van der Waals surface area contributed by atoms with Crippen LogP contribution in [0.15, 0.2) is 48.6 Å². The summed E-state index contributed by atoms with van der Waals surface area (Å²) >= 11 is 0. The minimum absolute atomic E-state index is 0.0740. The van der Waals surface area contributed by atoms with E-state index in [1.165, 1.54) is 154 Å². The monoisotopic (exact) mass is 869 g/mol. The zero-order valence-electron chi connectivity index (χ0n) is 41.1. The third kappa shape index (κ3) is 48.4. The number of carbonyl (C=O) groups is 3. The maximum Gasteiger partial charge on any atom is 0.306 e. The molecule has 0 bridgehead atoms. The van der Waals surface area contributed by atoms with Crippen molar-refractivity contribution in [2.24, 2.45) is 0 Å². The molecule has 0 aromatic heterocycles. The van der Waals surface area contributed by atoms with Gasteiger partial charge in [-0.15, -0.1) is 0 Å². The quantitative estimate of drug-likeness (QED) is 0.0262. The van der Waals surface area contributed by atoms with E-state index in [-0.39, 0.29) is 31.1 Å². The number of carbonyl (C=O) groups excluding carboxylic acids is 3. The van der Waals surface area contributed by atoms with Crippen molar-refractivity contribution in [2.75, 3.05) is 13.2 Å².